The van der Waals surface area contributed by atoms with Gasteiger partial charge >= 0.3 is 0 Å². The molecule has 0 aliphatic heterocycles. The van der Waals surface area contributed by atoms with Crippen LogP contribution in [-0.2, 0) is 9.53 Å². The van der Waals surface area contributed by atoms with Gasteiger partial charge in [0.1, 0.15) is 5.78 Å². The average molecular weight is 238 g/mol. The Labute approximate surface area is 105 Å². The van der Waals surface area contributed by atoms with Gasteiger partial charge in [-0.05, 0) is 37.5 Å². The van der Waals surface area contributed by atoms with Crippen molar-refractivity contribution >= 4 is 5.78 Å². The van der Waals surface area contributed by atoms with Gasteiger partial charge in [0.2, 0.25) is 0 Å². The van der Waals surface area contributed by atoms with E-state index in [1.165, 1.54) is 38.5 Å². The first-order valence-corrected chi connectivity index (χ1v) is 7.33. The molecule has 3 atom stereocenters. The van der Waals surface area contributed by atoms with Crippen LogP contribution in [0.25, 0.3) is 0 Å². The maximum absolute atomic E-state index is 12.1. The molecule has 17 heavy (non-hydrogen) atoms. The Balaban J connectivity index is 1.76. The summed E-state index contributed by atoms with van der Waals surface area (Å²) in [5, 5.41) is 0. The van der Waals surface area contributed by atoms with E-state index in [2.05, 4.69) is 0 Å². The van der Waals surface area contributed by atoms with E-state index >= 15 is 0 Å². The van der Waals surface area contributed by atoms with E-state index in [4.69, 9.17) is 4.74 Å². The highest BCUT2D eigenvalue weighted by Crippen LogP contribution is 2.43. The van der Waals surface area contributed by atoms with Crippen LogP contribution in [0.2, 0.25) is 0 Å². The second-order valence-electron chi connectivity index (χ2n) is 5.88. The normalized spacial score (nSPS) is 33.1. The summed E-state index contributed by atoms with van der Waals surface area (Å²) in [4.78, 5) is 12.1. The minimum Gasteiger partial charge on any atom is -0.385 e. The number of ether oxygens (including phenoxy) is 1. The van der Waals surface area contributed by atoms with Crippen LogP contribution in [0.4, 0.5) is 0 Å². The number of fused-ring (bicyclic) bond motifs is 1. The fourth-order valence-corrected chi connectivity index (χ4v) is 3.76. The largest absolute Gasteiger partial charge is 0.385 e. The van der Waals surface area contributed by atoms with Crippen LogP contribution in [-0.4, -0.2) is 19.5 Å². The van der Waals surface area contributed by atoms with Crippen molar-refractivity contribution in [2.45, 2.75) is 57.8 Å². The summed E-state index contributed by atoms with van der Waals surface area (Å²) in [6, 6.07) is 0. The lowest BCUT2D eigenvalue weighted by Gasteiger charge is -2.38. The van der Waals surface area contributed by atoms with Crippen molar-refractivity contribution in [3.05, 3.63) is 0 Å². The summed E-state index contributed by atoms with van der Waals surface area (Å²) >= 11 is 0. The average Bonchev–Trinajstić information content (AvgIpc) is 2.38. The molecule has 3 unspecified atom stereocenters. The van der Waals surface area contributed by atoms with E-state index in [9.17, 15) is 4.79 Å². The topological polar surface area (TPSA) is 26.3 Å². The number of ketones is 1. The van der Waals surface area contributed by atoms with Crippen molar-refractivity contribution in [3.63, 3.8) is 0 Å². The number of Topliss-reactive ketones (excluding diaryl/α,β-unsaturated/α-hetero) is 1. The molecule has 0 aromatic heterocycles. The molecule has 2 fully saturated rings. The van der Waals surface area contributed by atoms with Crippen LogP contribution >= 0.6 is 0 Å². The van der Waals surface area contributed by atoms with Gasteiger partial charge in [0.05, 0.1) is 0 Å². The molecule has 0 amide bonds. The first-order chi connectivity index (χ1) is 8.31. The number of methoxy groups -OCH3 is 1. The number of hydrogen-bond donors (Lipinski definition) is 0. The fourth-order valence-electron chi connectivity index (χ4n) is 3.76. The van der Waals surface area contributed by atoms with E-state index in [1.807, 2.05) is 0 Å². The van der Waals surface area contributed by atoms with E-state index in [0.717, 1.165) is 37.7 Å². The minimum absolute atomic E-state index is 0.381. The van der Waals surface area contributed by atoms with Crippen molar-refractivity contribution in [2.75, 3.05) is 13.7 Å². The van der Waals surface area contributed by atoms with Crippen LogP contribution in [0.5, 0.6) is 0 Å². The first-order valence-electron chi connectivity index (χ1n) is 7.33. The van der Waals surface area contributed by atoms with E-state index in [-0.39, 0.29) is 0 Å². The van der Waals surface area contributed by atoms with Crippen molar-refractivity contribution in [1.29, 1.82) is 0 Å². The summed E-state index contributed by atoms with van der Waals surface area (Å²) in [5.41, 5.74) is 0. The van der Waals surface area contributed by atoms with E-state index < -0.39 is 0 Å². The summed E-state index contributed by atoms with van der Waals surface area (Å²) in [5.74, 6) is 2.71. The molecule has 0 aromatic rings. The predicted molar refractivity (Wildman–Crippen MR) is 68.9 cm³/mol. The molecule has 0 N–H and O–H groups in total. The highest BCUT2D eigenvalue weighted by molar-refractivity contribution is 5.81. The smallest absolute Gasteiger partial charge is 0.136 e. The van der Waals surface area contributed by atoms with Gasteiger partial charge in [-0.3, -0.25) is 4.79 Å². The molecule has 0 bridgehead atoms. The van der Waals surface area contributed by atoms with E-state index in [0.29, 0.717) is 11.7 Å². The maximum Gasteiger partial charge on any atom is 0.136 e. The van der Waals surface area contributed by atoms with Gasteiger partial charge in [-0.2, -0.15) is 0 Å². The SMILES string of the molecule is COCCCC(=O)C1CCC2CCCCC2C1. The Morgan fingerprint density at radius 2 is 1.88 bits per heavy atom. The molecule has 2 aliphatic rings. The lowest BCUT2D eigenvalue weighted by molar-refractivity contribution is -0.125. The molecule has 2 heteroatoms. The Bertz CT molecular complexity index is 249. The number of rotatable bonds is 5. The molecule has 2 aliphatic carbocycles. The molecule has 2 nitrogen and oxygen atoms in total. The van der Waals surface area contributed by atoms with Gasteiger partial charge in [0.25, 0.3) is 0 Å². The molecular weight excluding hydrogens is 212 g/mol. The van der Waals surface area contributed by atoms with E-state index in [1.54, 1.807) is 7.11 Å². The summed E-state index contributed by atoms with van der Waals surface area (Å²) in [6.07, 6.45) is 10.9. The summed E-state index contributed by atoms with van der Waals surface area (Å²) < 4.78 is 5.01. The monoisotopic (exact) mass is 238 g/mol. The maximum atomic E-state index is 12.1. The molecule has 98 valence electrons. The zero-order chi connectivity index (χ0) is 12.1. The van der Waals surface area contributed by atoms with Crippen molar-refractivity contribution < 1.29 is 9.53 Å². The molecule has 0 heterocycles. The number of carbonyl (C=O) groups is 1. The Morgan fingerprint density at radius 1 is 1.12 bits per heavy atom. The van der Waals surface area contributed by atoms with Crippen LogP contribution in [0, 0.1) is 17.8 Å². The van der Waals surface area contributed by atoms with Crippen molar-refractivity contribution in [1.82, 2.24) is 0 Å². The molecule has 0 spiro atoms. The second kappa shape index (κ2) is 6.53. The molecule has 0 saturated heterocycles. The number of carbonyl (C=O) groups excluding carboxylic acids is 1. The number of hydrogen-bond acceptors (Lipinski definition) is 2. The Morgan fingerprint density at radius 3 is 2.65 bits per heavy atom. The van der Waals surface area contributed by atoms with Crippen LogP contribution in [0.1, 0.15) is 57.8 Å². The second-order valence-corrected chi connectivity index (χ2v) is 5.88. The molecule has 2 rings (SSSR count). The third-order valence-corrected chi connectivity index (χ3v) is 4.77. The minimum atomic E-state index is 0.381. The molecule has 2 saturated carbocycles. The molecule has 0 aromatic carbocycles. The highest BCUT2D eigenvalue weighted by atomic mass is 16.5. The Kier molecular flexibility index (Phi) is 5.02. The summed E-state index contributed by atoms with van der Waals surface area (Å²) in [7, 11) is 1.71. The zero-order valence-corrected chi connectivity index (χ0v) is 11.1. The first kappa shape index (κ1) is 13.1. The van der Waals surface area contributed by atoms with Crippen molar-refractivity contribution in [2.24, 2.45) is 17.8 Å². The third kappa shape index (κ3) is 3.54. The lowest BCUT2D eigenvalue weighted by Crippen LogP contribution is -2.31. The zero-order valence-electron chi connectivity index (χ0n) is 11.1. The quantitative estimate of drug-likeness (QED) is 0.684. The van der Waals surface area contributed by atoms with Crippen LogP contribution in [0.15, 0.2) is 0 Å². The fraction of sp³-hybridized carbons (Fsp3) is 0.933. The summed E-state index contributed by atoms with van der Waals surface area (Å²) in [6.45, 7) is 0.727. The van der Waals surface area contributed by atoms with Gasteiger partial charge in [-0.25, -0.2) is 0 Å². The van der Waals surface area contributed by atoms with Gasteiger partial charge in [-0.15, -0.1) is 0 Å². The van der Waals surface area contributed by atoms with Crippen molar-refractivity contribution in [3.8, 4) is 0 Å². The highest BCUT2D eigenvalue weighted by Gasteiger charge is 2.34. The van der Waals surface area contributed by atoms with Gasteiger partial charge < -0.3 is 4.74 Å². The predicted octanol–water partition coefficient (Wildman–Crippen LogP) is 3.59. The van der Waals surface area contributed by atoms with Crippen LogP contribution in [0.3, 0.4) is 0 Å². The molecular formula is C15H26O2. The van der Waals surface area contributed by atoms with Crippen LogP contribution < -0.4 is 0 Å². The van der Waals surface area contributed by atoms with Gasteiger partial charge in [-0.1, -0.05) is 25.7 Å². The lowest BCUT2D eigenvalue weighted by atomic mass is 9.66. The Hall–Kier alpha value is -0.370. The van der Waals surface area contributed by atoms with Gasteiger partial charge in [0.15, 0.2) is 0 Å². The molecule has 0 radical (unpaired) electrons. The standard InChI is InChI=1S/C15H26O2/c1-17-10-4-7-15(16)14-9-8-12-5-2-3-6-13(12)11-14/h12-14H,2-11H2,1H3. The third-order valence-electron chi connectivity index (χ3n) is 4.77. The van der Waals surface area contributed by atoms with Gasteiger partial charge in [0, 0.05) is 26.1 Å².